The van der Waals surface area contributed by atoms with Crippen LogP contribution in [0.3, 0.4) is 0 Å². The molecule has 0 spiro atoms. The molecule has 158 valence electrons. The zero-order valence-electron chi connectivity index (χ0n) is 18.7. The van der Waals surface area contributed by atoms with E-state index in [1.807, 2.05) is 30.3 Å². The minimum atomic E-state index is -0.653. The molecule has 0 saturated heterocycles. The number of esters is 1. The average molecular weight is 399 g/mol. The highest BCUT2D eigenvalue weighted by Gasteiger charge is 2.30. The van der Waals surface area contributed by atoms with Gasteiger partial charge in [-0.2, -0.15) is 0 Å². The number of nitrogens with one attached hydrogen (secondary N) is 1. The molecule has 0 aliphatic rings. The molecular weight excluding hydrogens is 364 g/mol. The normalized spacial score (nSPS) is 13.2. The number of hydrogen-bond donors (Lipinski definition) is 2. The van der Waals surface area contributed by atoms with Crippen molar-refractivity contribution < 1.29 is 14.6 Å². The third-order valence-corrected chi connectivity index (χ3v) is 4.82. The number of ether oxygens (including phenoxy) is 1. The minimum absolute atomic E-state index is 0.277. The molecule has 1 aromatic heterocycles. The number of phenols is 1. The van der Waals surface area contributed by atoms with E-state index in [1.54, 1.807) is 13.1 Å². The molecule has 5 heteroatoms. The number of benzene rings is 1. The van der Waals surface area contributed by atoms with E-state index in [1.165, 1.54) is 0 Å². The molecule has 0 aliphatic heterocycles. The second kappa shape index (κ2) is 8.95. The van der Waals surface area contributed by atoms with E-state index in [9.17, 15) is 9.90 Å². The van der Waals surface area contributed by atoms with Crippen molar-refractivity contribution in [3.05, 3.63) is 58.9 Å². The fourth-order valence-electron chi connectivity index (χ4n) is 3.24. The molecule has 0 aliphatic carbocycles. The van der Waals surface area contributed by atoms with E-state index in [-0.39, 0.29) is 16.8 Å². The van der Waals surface area contributed by atoms with Gasteiger partial charge in [-0.15, -0.1) is 0 Å². The summed E-state index contributed by atoms with van der Waals surface area (Å²) in [5, 5.41) is 14.3. The largest absolute Gasteiger partial charge is 0.507 e. The van der Waals surface area contributed by atoms with Crippen molar-refractivity contribution in [3.63, 3.8) is 0 Å². The van der Waals surface area contributed by atoms with Crippen molar-refractivity contribution in [3.8, 4) is 5.75 Å². The van der Waals surface area contributed by atoms with Crippen LogP contribution in [0.4, 0.5) is 0 Å². The van der Waals surface area contributed by atoms with Crippen LogP contribution < -0.4 is 5.32 Å². The summed E-state index contributed by atoms with van der Waals surface area (Å²) in [6, 6.07) is 8.86. The number of pyridine rings is 1. The lowest BCUT2D eigenvalue weighted by molar-refractivity contribution is -0.145. The molecule has 1 aromatic carbocycles. The summed E-state index contributed by atoms with van der Waals surface area (Å²) in [5.41, 5.74) is 2.70. The van der Waals surface area contributed by atoms with Gasteiger partial charge in [-0.3, -0.25) is 10.3 Å². The Kier molecular flexibility index (Phi) is 7.06. The first-order valence-electron chi connectivity index (χ1n) is 10.1. The van der Waals surface area contributed by atoms with Gasteiger partial charge in [0.25, 0.3) is 0 Å². The van der Waals surface area contributed by atoms with Gasteiger partial charge in [-0.25, -0.2) is 4.79 Å². The molecule has 2 rings (SSSR count). The summed E-state index contributed by atoms with van der Waals surface area (Å²) in [4.78, 5) is 17.1. The van der Waals surface area contributed by atoms with Crippen molar-refractivity contribution in [2.45, 2.75) is 71.9 Å². The predicted molar refractivity (Wildman–Crippen MR) is 116 cm³/mol. The zero-order chi connectivity index (χ0) is 21.8. The number of nitrogens with zero attached hydrogens (tertiary/aromatic N) is 1. The molecule has 29 heavy (non-hydrogen) atoms. The van der Waals surface area contributed by atoms with Gasteiger partial charge in [0, 0.05) is 12.7 Å². The van der Waals surface area contributed by atoms with Crippen molar-refractivity contribution in [2.24, 2.45) is 0 Å². The monoisotopic (exact) mass is 398 g/mol. The lowest BCUT2D eigenvalue weighted by Gasteiger charge is -2.29. The average Bonchev–Trinajstić information content (AvgIpc) is 2.62. The van der Waals surface area contributed by atoms with Crippen LogP contribution in [-0.4, -0.2) is 22.7 Å². The first kappa shape index (κ1) is 22.9. The molecule has 0 amide bonds. The number of rotatable bonds is 6. The number of carbonyl (C=O) groups excluding carboxylic acids is 1. The molecule has 2 N–H and O–H groups in total. The SMILES string of the molecule is CCOC(=O)C(NCc1ccccn1)c1cc(C(C)(C)C)c(O)c(C(C)(C)C)c1. The molecule has 0 saturated carbocycles. The van der Waals surface area contributed by atoms with Crippen LogP contribution in [0.25, 0.3) is 0 Å². The Morgan fingerprint density at radius 3 is 2.14 bits per heavy atom. The van der Waals surface area contributed by atoms with Gasteiger partial charge in [0.1, 0.15) is 11.8 Å². The standard InChI is InChI=1S/C24H34N2O3/c1-8-29-22(28)20(26-15-17-11-9-10-12-25-17)16-13-18(23(2,3)4)21(27)19(14-16)24(5,6)7/h9-14,20,26-27H,8,15H2,1-7H3. The highest BCUT2D eigenvalue weighted by atomic mass is 16.5. The Hall–Kier alpha value is -2.40. The zero-order valence-corrected chi connectivity index (χ0v) is 18.7. The molecule has 0 radical (unpaired) electrons. The van der Waals surface area contributed by atoms with E-state index in [0.717, 1.165) is 22.4 Å². The number of phenolic OH excluding ortho intramolecular Hbond substituents is 1. The van der Waals surface area contributed by atoms with E-state index >= 15 is 0 Å². The fraction of sp³-hybridized carbons (Fsp3) is 0.500. The molecule has 0 fully saturated rings. The first-order chi connectivity index (χ1) is 13.4. The Balaban J connectivity index is 2.54. The maximum absolute atomic E-state index is 12.8. The van der Waals surface area contributed by atoms with E-state index in [4.69, 9.17) is 4.74 Å². The third kappa shape index (κ3) is 5.80. The van der Waals surface area contributed by atoms with Crippen LogP contribution in [0, 0.1) is 0 Å². The van der Waals surface area contributed by atoms with Crippen LogP contribution in [-0.2, 0) is 26.9 Å². The number of hydrogen-bond acceptors (Lipinski definition) is 5. The van der Waals surface area contributed by atoms with Crippen LogP contribution in [0.2, 0.25) is 0 Å². The van der Waals surface area contributed by atoms with Crippen molar-refractivity contribution in [1.82, 2.24) is 10.3 Å². The third-order valence-electron chi connectivity index (χ3n) is 4.82. The van der Waals surface area contributed by atoms with Gasteiger partial charge in [-0.05, 0) is 58.7 Å². The molecule has 5 nitrogen and oxygen atoms in total. The molecule has 1 atom stereocenters. The van der Waals surface area contributed by atoms with Crippen molar-refractivity contribution in [2.75, 3.05) is 6.61 Å². The summed E-state index contributed by atoms with van der Waals surface area (Å²) >= 11 is 0. The maximum atomic E-state index is 12.8. The van der Waals surface area contributed by atoms with E-state index in [0.29, 0.717) is 18.9 Å². The molecular formula is C24H34N2O3. The van der Waals surface area contributed by atoms with Gasteiger partial charge in [0.2, 0.25) is 0 Å². The summed E-state index contributed by atoms with van der Waals surface area (Å²) in [7, 11) is 0. The van der Waals surface area contributed by atoms with Gasteiger partial charge in [-0.1, -0.05) is 47.6 Å². The Bertz CT molecular complexity index is 798. The molecule has 1 heterocycles. The van der Waals surface area contributed by atoms with Crippen LogP contribution in [0.5, 0.6) is 5.75 Å². The van der Waals surface area contributed by atoms with Gasteiger partial charge in [0.15, 0.2) is 0 Å². The van der Waals surface area contributed by atoms with Crippen LogP contribution in [0.1, 0.15) is 76.9 Å². The smallest absolute Gasteiger partial charge is 0.327 e. The highest BCUT2D eigenvalue weighted by molar-refractivity contribution is 5.78. The lowest BCUT2D eigenvalue weighted by atomic mass is 9.77. The van der Waals surface area contributed by atoms with Crippen LogP contribution >= 0.6 is 0 Å². The Morgan fingerprint density at radius 2 is 1.69 bits per heavy atom. The topological polar surface area (TPSA) is 71.5 Å². The summed E-state index contributed by atoms with van der Waals surface area (Å²) in [6.07, 6.45) is 1.73. The Morgan fingerprint density at radius 1 is 1.10 bits per heavy atom. The minimum Gasteiger partial charge on any atom is -0.507 e. The quantitative estimate of drug-likeness (QED) is 0.686. The molecule has 1 unspecified atom stereocenters. The van der Waals surface area contributed by atoms with Crippen molar-refractivity contribution in [1.29, 1.82) is 0 Å². The summed E-state index contributed by atoms with van der Waals surface area (Å²) in [6.45, 7) is 14.9. The Labute approximate surface area is 174 Å². The van der Waals surface area contributed by atoms with Crippen LogP contribution in [0.15, 0.2) is 36.5 Å². The highest BCUT2D eigenvalue weighted by Crippen LogP contribution is 2.41. The molecule has 2 aromatic rings. The first-order valence-corrected chi connectivity index (χ1v) is 10.1. The second-order valence-corrected chi connectivity index (χ2v) is 9.35. The number of aromatic hydroxyl groups is 1. The number of carbonyl (C=O) groups is 1. The van der Waals surface area contributed by atoms with E-state index in [2.05, 4.69) is 51.8 Å². The predicted octanol–water partition coefficient (Wildman–Crippen LogP) is 4.78. The second-order valence-electron chi connectivity index (χ2n) is 9.35. The lowest BCUT2D eigenvalue weighted by Crippen LogP contribution is -2.31. The number of aromatic nitrogens is 1. The fourth-order valence-corrected chi connectivity index (χ4v) is 3.24. The molecule has 0 bridgehead atoms. The summed E-state index contributed by atoms with van der Waals surface area (Å²) < 4.78 is 5.34. The van der Waals surface area contributed by atoms with Crippen molar-refractivity contribution >= 4 is 5.97 Å². The van der Waals surface area contributed by atoms with Gasteiger partial charge in [0.05, 0.1) is 12.3 Å². The van der Waals surface area contributed by atoms with E-state index < -0.39 is 6.04 Å². The maximum Gasteiger partial charge on any atom is 0.327 e. The van der Waals surface area contributed by atoms with Gasteiger partial charge >= 0.3 is 5.97 Å². The van der Waals surface area contributed by atoms with Gasteiger partial charge < -0.3 is 9.84 Å². The summed E-state index contributed by atoms with van der Waals surface area (Å²) in [5.74, 6) is -0.0464.